The molecule has 2 heterocycles. The fourth-order valence-corrected chi connectivity index (χ4v) is 6.03. The fraction of sp³-hybridized carbons (Fsp3) is 0.0952. The van der Waals surface area contributed by atoms with Gasteiger partial charge < -0.3 is 0 Å². The van der Waals surface area contributed by atoms with Crippen LogP contribution in [0.25, 0.3) is 6.08 Å². The Labute approximate surface area is 200 Å². The number of nitrogens with zero attached hydrogens (tertiary/aromatic N) is 2. The molecule has 1 saturated heterocycles. The summed E-state index contributed by atoms with van der Waals surface area (Å²) in [5.74, 6) is -0.0734. The van der Waals surface area contributed by atoms with E-state index in [0.29, 0.717) is 21.2 Å². The molecule has 0 bridgehead atoms. The van der Waals surface area contributed by atoms with E-state index in [0.717, 1.165) is 26.6 Å². The number of carbonyl (C=O) groups excluding carboxylic acids is 2. The van der Waals surface area contributed by atoms with E-state index in [1.165, 1.54) is 35.2 Å². The lowest BCUT2D eigenvalue weighted by molar-refractivity contribution is -0.123. The van der Waals surface area contributed by atoms with Gasteiger partial charge in [-0.25, -0.2) is 9.37 Å². The van der Waals surface area contributed by atoms with Crippen LogP contribution in [0.4, 0.5) is 9.18 Å². The highest BCUT2D eigenvalue weighted by Crippen LogP contribution is 2.38. The molecule has 2 amide bonds. The van der Waals surface area contributed by atoms with E-state index in [9.17, 15) is 14.0 Å². The fourth-order valence-electron chi connectivity index (χ4n) is 2.70. The zero-order valence-electron chi connectivity index (χ0n) is 15.7. The maximum atomic E-state index is 13.1. The van der Waals surface area contributed by atoms with Crippen molar-refractivity contribution < 1.29 is 14.0 Å². The van der Waals surface area contributed by atoms with Gasteiger partial charge in [0, 0.05) is 10.8 Å². The highest BCUT2D eigenvalue weighted by molar-refractivity contribution is 8.18. The second-order valence-corrected chi connectivity index (χ2v) is 10.5. The van der Waals surface area contributed by atoms with Gasteiger partial charge in [-0.15, -0.1) is 11.3 Å². The lowest BCUT2D eigenvalue weighted by Gasteiger charge is -2.12. The summed E-state index contributed by atoms with van der Waals surface area (Å²) in [6, 6.07) is 13.2. The Morgan fingerprint density at radius 2 is 1.71 bits per heavy atom. The van der Waals surface area contributed by atoms with Crippen LogP contribution < -0.4 is 0 Å². The molecule has 10 heteroatoms. The molecule has 3 aromatic rings. The standard InChI is InChI=1S/C21H13Cl2FN2O2S3/c22-14-5-1-13(2-6-14)11-29-20-25-18(23)16(30-20)9-17-19(27)26(21(28)31-17)10-12-3-7-15(24)8-4-12/h1-9H,10-11H2. The molecule has 0 spiro atoms. The summed E-state index contributed by atoms with van der Waals surface area (Å²) in [5, 5.41) is 0.592. The van der Waals surface area contributed by atoms with Crippen LogP contribution in [0.1, 0.15) is 16.0 Å². The quantitative estimate of drug-likeness (QED) is 0.261. The van der Waals surface area contributed by atoms with E-state index in [4.69, 9.17) is 23.2 Å². The predicted molar refractivity (Wildman–Crippen MR) is 126 cm³/mol. The number of hydrogen-bond donors (Lipinski definition) is 0. The SMILES string of the molecule is O=C1SC(=Cc2sc(SCc3ccc(Cl)cc3)nc2Cl)C(=O)N1Cc1ccc(F)cc1. The number of hydrogen-bond acceptors (Lipinski definition) is 6. The molecule has 0 N–H and O–H groups in total. The van der Waals surface area contributed by atoms with Crippen LogP contribution in [0, 0.1) is 5.82 Å². The molecule has 1 fully saturated rings. The number of thiazole rings is 1. The number of amides is 2. The molecule has 4 nitrogen and oxygen atoms in total. The summed E-state index contributed by atoms with van der Waals surface area (Å²) in [7, 11) is 0. The number of carbonyl (C=O) groups is 2. The molecular weight excluding hydrogens is 498 g/mol. The largest absolute Gasteiger partial charge is 0.293 e. The molecule has 31 heavy (non-hydrogen) atoms. The highest BCUT2D eigenvalue weighted by Gasteiger charge is 2.35. The molecule has 2 aromatic carbocycles. The van der Waals surface area contributed by atoms with E-state index in [1.807, 2.05) is 24.3 Å². The lowest BCUT2D eigenvalue weighted by Crippen LogP contribution is -2.27. The van der Waals surface area contributed by atoms with E-state index >= 15 is 0 Å². The summed E-state index contributed by atoms with van der Waals surface area (Å²) >= 11 is 15.9. The number of halogens is 3. The molecule has 0 atom stereocenters. The van der Waals surface area contributed by atoms with E-state index < -0.39 is 5.91 Å². The molecule has 0 unspecified atom stereocenters. The molecule has 1 aliphatic rings. The molecule has 4 rings (SSSR count). The highest BCUT2D eigenvalue weighted by atomic mass is 35.5. The second-order valence-electron chi connectivity index (χ2n) is 6.44. The van der Waals surface area contributed by atoms with Crippen molar-refractivity contribution in [2.24, 2.45) is 0 Å². The first-order chi connectivity index (χ1) is 14.9. The van der Waals surface area contributed by atoms with Crippen molar-refractivity contribution in [2.75, 3.05) is 0 Å². The second kappa shape index (κ2) is 9.75. The van der Waals surface area contributed by atoms with Crippen LogP contribution >= 0.6 is 58.1 Å². The number of thioether (sulfide) groups is 2. The van der Waals surface area contributed by atoms with Gasteiger partial charge in [0.25, 0.3) is 11.1 Å². The zero-order valence-corrected chi connectivity index (χ0v) is 19.6. The van der Waals surface area contributed by atoms with E-state index in [1.54, 1.807) is 18.2 Å². The summed E-state index contributed by atoms with van der Waals surface area (Å²) in [6.45, 7) is 0.0842. The number of aromatic nitrogens is 1. The number of imide groups is 1. The van der Waals surface area contributed by atoms with Crippen molar-refractivity contribution >= 4 is 75.3 Å². The van der Waals surface area contributed by atoms with Crippen LogP contribution in [0.15, 0.2) is 57.8 Å². The minimum Gasteiger partial charge on any atom is -0.268 e. The van der Waals surface area contributed by atoms with Crippen molar-refractivity contribution in [3.05, 3.63) is 85.4 Å². The number of rotatable bonds is 6. The summed E-state index contributed by atoms with van der Waals surface area (Å²) in [4.78, 5) is 31.4. The third-order valence-corrected chi connectivity index (χ3v) is 8.03. The van der Waals surface area contributed by atoms with Gasteiger partial charge in [-0.3, -0.25) is 14.5 Å². The van der Waals surface area contributed by atoms with Gasteiger partial charge >= 0.3 is 0 Å². The lowest BCUT2D eigenvalue weighted by atomic mass is 10.2. The van der Waals surface area contributed by atoms with Gasteiger partial charge in [-0.05, 0) is 53.2 Å². The van der Waals surface area contributed by atoms with Gasteiger partial charge in [0.2, 0.25) is 0 Å². The van der Waals surface area contributed by atoms with Crippen LogP contribution in [0.3, 0.4) is 0 Å². The summed E-state index contributed by atoms with van der Waals surface area (Å²) in [6.07, 6.45) is 1.60. The number of benzene rings is 2. The van der Waals surface area contributed by atoms with Crippen molar-refractivity contribution in [3.8, 4) is 0 Å². The van der Waals surface area contributed by atoms with Gasteiger partial charge in [0.1, 0.15) is 11.0 Å². The van der Waals surface area contributed by atoms with Crippen molar-refractivity contribution in [1.29, 1.82) is 0 Å². The van der Waals surface area contributed by atoms with Gasteiger partial charge in [0.15, 0.2) is 4.34 Å². The van der Waals surface area contributed by atoms with Crippen molar-refractivity contribution in [3.63, 3.8) is 0 Å². The Hall–Kier alpha value is -1.84. The Morgan fingerprint density at radius 3 is 2.42 bits per heavy atom. The van der Waals surface area contributed by atoms with Crippen LogP contribution in [-0.4, -0.2) is 21.0 Å². The van der Waals surface area contributed by atoms with Gasteiger partial charge in [-0.1, -0.05) is 59.2 Å². The average molecular weight is 511 g/mol. The molecule has 0 saturated carbocycles. The van der Waals surface area contributed by atoms with Crippen LogP contribution in [0.2, 0.25) is 10.2 Å². The normalized spacial score (nSPS) is 15.3. The molecule has 1 aromatic heterocycles. The summed E-state index contributed by atoms with van der Waals surface area (Å²) in [5.41, 5.74) is 1.77. The first-order valence-electron chi connectivity index (χ1n) is 8.92. The van der Waals surface area contributed by atoms with E-state index in [2.05, 4.69) is 4.98 Å². The molecule has 0 radical (unpaired) electrons. The Morgan fingerprint density at radius 1 is 1.03 bits per heavy atom. The zero-order chi connectivity index (χ0) is 22.0. The van der Waals surface area contributed by atoms with Crippen LogP contribution in [-0.2, 0) is 17.1 Å². The molecule has 158 valence electrons. The Balaban J connectivity index is 1.45. The van der Waals surface area contributed by atoms with E-state index in [-0.39, 0.29) is 27.7 Å². The summed E-state index contributed by atoms with van der Waals surface area (Å²) < 4.78 is 13.8. The molecular formula is C21H13Cl2FN2O2S3. The first kappa shape index (κ1) is 22.4. The minimum absolute atomic E-state index is 0.0842. The smallest absolute Gasteiger partial charge is 0.268 e. The molecule has 0 aliphatic carbocycles. The minimum atomic E-state index is -0.404. The van der Waals surface area contributed by atoms with Gasteiger partial charge in [-0.2, -0.15) is 0 Å². The first-order valence-corrected chi connectivity index (χ1v) is 12.3. The predicted octanol–water partition coefficient (Wildman–Crippen LogP) is 7.12. The monoisotopic (exact) mass is 510 g/mol. The maximum Gasteiger partial charge on any atom is 0.293 e. The third-order valence-electron chi connectivity index (χ3n) is 4.26. The van der Waals surface area contributed by atoms with Crippen LogP contribution in [0.5, 0.6) is 0 Å². The maximum absolute atomic E-state index is 13.1. The average Bonchev–Trinajstić information content (AvgIpc) is 3.23. The topological polar surface area (TPSA) is 50.3 Å². The Kier molecular flexibility index (Phi) is 7.03. The van der Waals surface area contributed by atoms with Crippen molar-refractivity contribution in [2.45, 2.75) is 16.6 Å². The van der Waals surface area contributed by atoms with Gasteiger partial charge in [0.05, 0.1) is 16.3 Å². The molecule has 1 aliphatic heterocycles. The Bertz CT molecular complexity index is 1160. The third kappa shape index (κ3) is 5.51. The van der Waals surface area contributed by atoms with Crippen molar-refractivity contribution in [1.82, 2.24) is 9.88 Å².